The van der Waals surface area contributed by atoms with Crippen LogP contribution in [0, 0.1) is 5.41 Å². The molecule has 0 radical (unpaired) electrons. The molecule has 1 atom stereocenters. The van der Waals surface area contributed by atoms with Gasteiger partial charge < -0.3 is 10.1 Å². The summed E-state index contributed by atoms with van der Waals surface area (Å²) in [5, 5.41) is 3.58. The maximum Gasteiger partial charge on any atom is 0.0708 e. The third kappa shape index (κ3) is 3.85. The number of halogens is 1. The molecule has 0 aromatic rings. The van der Waals surface area contributed by atoms with Crippen molar-refractivity contribution in [2.24, 2.45) is 5.41 Å². The van der Waals surface area contributed by atoms with Gasteiger partial charge in [-0.25, -0.2) is 0 Å². The molecule has 2 rings (SSSR count). The van der Waals surface area contributed by atoms with Gasteiger partial charge >= 0.3 is 0 Å². The van der Waals surface area contributed by atoms with Gasteiger partial charge in [-0.15, -0.1) is 11.6 Å². The fourth-order valence-corrected chi connectivity index (χ4v) is 3.85. The lowest BCUT2D eigenvalue weighted by Crippen LogP contribution is -2.36. The van der Waals surface area contributed by atoms with E-state index in [4.69, 9.17) is 16.3 Å². The maximum absolute atomic E-state index is 6.30. The van der Waals surface area contributed by atoms with Crippen LogP contribution >= 0.6 is 11.6 Å². The first kappa shape index (κ1) is 14.6. The van der Waals surface area contributed by atoms with Crippen molar-refractivity contribution >= 4 is 11.6 Å². The van der Waals surface area contributed by atoms with Gasteiger partial charge in [-0.3, -0.25) is 0 Å². The van der Waals surface area contributed by atoms with E-state index in [9.17, 15) is 0 Å². The average molecular weight is 274 g/mol. The SMILES string of the molecule is CC(C)(CCCl)CNCC1CCC2(CCCC2)O1. The van der Waals surface area contributed by atoms with E-state index in [1.807, 2.05) is 0 Å². The van der Waals surface area contributed by atoms with E-state index in [0.29, 0.717) is 11.5 Å². The van der Waals surface area contributed by atoms with E-state index < -0.39 is 0 Å². The number of rotatable bonds is 6. The lowest BCUT2D eigenvalue weighted by Gasteiger charge is -2.26. The summed E-state index contributed by atoms with van der Waals surface area (Å²) < 4.78 is 6.30. The Balaban J connectivity index is 1.66. The Hall–Kier alpha value is 0.210. The minimum atomic E-state index is 0.276. The predicted molar refractivity (Wildman–Crippen MR) is 77.3 cm³/mol. The number of ether oxygens (including phenoxy) is 1. The number of hydrogen-bond donors (Lipinski definition) is 1. The Morgan fingerprint density at radius 1 is 1.28 bits per heavy atom. The van der Waals surface area contributed by atoms with Crippen molar-refractivity contribution in [2.75, 3.05) is 19.0 Å². The molecule has 2 aliphatic rings. The molecule has 0 aromatic heterocycles. The average Bonchev–Trinajstić information content (AvgIpc) is 2.90. The fourth-order valence-electron chi connectivity index (χ4n) is 3.34. The lowest BCUT2D eigenvalue weighted by molar-refractivity contribution is -0.0355. The van der Waals surface area contributed by atoms with E-state index in [2.05, 4.69) is 19.2 Å². The number of alkyl halides is 1. The van der Waals surface area contributed by atoms with E-state index in [1.165, 1.54) is 38.5 Å². The number of hydrogen-bond acceptors (Lipinski definition) is 2. The van der Waals surface area contributed by atoms with Gasteiger partial charge in [-0.2, -0.15) is 0 Å². The highest BCUT2D eigenvalue weighted by Gasteiger charge is 2.41. The van der Waals surface area contributed by atoms with Gasteiger partial charge in [-0.05, 0) is 37.5 Å². The molecule has 2 fully saturated rings. The first-order valence-electron chi connectivity index (χ1n) is 7.50. The Morgan fingerprint density at radius 3 is 2.67 bits per heavy atom. The fraction of sp³-hybridized carbons (Fsp3) is 1.00. The van der Waals surface area contributed by atoms with Crippen molar-refractivity contribution in [3.05, 3.63) is 0 Å². The summed E-state index contributed by atoms with van der Waals surface area (Å²) in [6, 6.07) is 0. The standard InChI is InChI=1S/C15H28ClNO/c1-14(2,9-10-16)12-17-11-13-5-8-15(18-13)6-3-4-7-15/h13,17H,3-12H2,1-2H3. The minimum Gasteiger partial charge on any atom is -0.370 e. The van der Waals surface area contributed by atoms with Crippen LogP contribution in [-0.2, 0) is 4.74 Å². The van der Waals surface area contributed by atoms with Crippen LogP contribution in [0.4, 0.5) is 0 Å². The second kappa shape index (κ2) is 6.11. The molecule has 0 bridgehead atoms. The molecule has 1 spiro atoms. The Kier molecular flexibility index (Phi) is 4.96. The normalized spacial score (nSPS) is 27.2. The van der Waals surface area contributed by atoms with Gasteiger partial charge in [0.05, 0.1) is 11.7 Å². The smallest absolute Gasteiger partial charge is 0.0708 e. The summed E-state index contributed by atoms with van der Waals surface area (Å²) in [5.41, 5.74) is 0.573. The maximum atomic E-state index is 6.30. The molecule has 0 aromatic carbocycles. The zero-order valence-electron chi connectivity index (χ0n) is 11.9. The van der Waals surface area contributed by atoms with Crippen LogP contribution in [0.25, 0.3) is 0 Å². The molecule has 1 aliphatic heterocycles. The Morgan fingerprint density at radius 2 is 2.00 bits per heavy atom. The Bertz CT molecular complexity index is 261. The van der Waals surface area contributed by atoms with Crippen molar-refractivity contribution in [1.82, 2.24) is 5.32 Å². The summed E-state index contributed by atoms with van der Waals surface area (Å²) in [6.07, 6.45) is 9.34. The second-order valence-corrected chi connectivity index (χ2v) is 7.28. The van der Waals surface area contributed by atoms with Crippen LogP contribution in [0.5, 0.6) is 0 Å². The molecule has 1 heterocycles. The zero-order chi connectivity index (χ0) is 13.1. The molecule has 1 saturated carbocycles. The van der Waals surface area contributed by atoms with Crippen molar-refractivity contribution < 1.29 is 4.74 Å². The summed E-state index contributed by atoms with van der Waals surface area (Å²) in [5.74, 6) is 0.748. The van der Waals surface area contributed by atoms with Crippen molar-refractivity contribution in [3.63, 3.8) is 0 Å². The van der Waals surface area contributed by atoms with Crippen molar-refractivity contribution in [3.8, 4) is 0 Å². The van der Waals surface area contributed by atoms with E-state index >= 15 is 0 Å². The molecule has 18 heavy (non-hydrogen) atoms. The second-order valence-electron chi connectivity index (χ2n) is 6.90. The molecule has 1 saturated heterocycles. The van der Waals surface area contributed by atoms with E-state index in [-0.39, 0.29) is 5.60 Å². The summed E-state index contributed by atoms with van der Waals surface area (Å²) in [4.78, 5) is 0. The van der Waals surface area contributed by atoms with Gasteiger partial charge in [0.15, 0.2) is 0 Å². The van der Waals surface area contributed by atoms with Crippen LogP contribution in [0.3, 0.4) is 0 Å². The van der Waals surface area contributed by atoms with Crippen LogP contribution < -0.4 is 5.32 Å². The highest BCUT2D eigenvalue weighted by Crippen LogP contribution is 2.43. The quantitative estimate of drug-likeness (QED) is 0.745. The summed E-state index contributed by atoms with van der Waals surface area (Å²) in [6.45, 7) is 6.59. The lowest BCUT2D eigenvalue weighted by atomic mass is 9.90. The number of nitrogens with one attached hydrogen (secondary N) is 1. The monoisotopic (exact) mass is 273 g/mol. The van der Waals surface area contributed by atoms with Crippen molar-refractivity contribution in [2.45, 2.75) is 70.5 Å². The van der Waals surface area contributed by atoms with Gasteiger partial charge in [0.1, 0.15) is 0 Å². The molecule has 1 N–H and O–H groups in total. The molecule has 1 unspecified atom stereocenters. The van der Waals surface area contributed by atoms with Crippen LogP contribution in [0.1, 0.15) is 58.8 Å². The molecule has 3 heteroatoms. The van der Waals surface area contributed by atoms with Crippen molar-refractivity contribution in [1.29, 1.82) is 0 Å². The van der Waals surface area contributed by atoms with Gasteiger partial charge in [0, 0.05) is 19.0 Å². The molecular formula is C15H28ClNO. The third-order valence-corrected chi connectivity index (χ3v) is 4.79. The van der Waals surface area contributed by atoms with Crippen LogP contribution in [0.2, 0.25) is 0 Å². The predicted octanol–water partition coefficient (Wildman–Crippen LogP) is 3.72. The highest BCUT2D eigenvalue weighted by atomic mass is 35.5. The largest absolute Gasteiger partial charge is 0.370 e. The first-order valence-corrected chi connectivity index (χ1v) is 8.03. The minimum absolute atomic E-state index is 0.276. The zero-order valence-corrected chi connectivity index (χ0v) is 12.7. The van der Waals surface area contributed by atoms with Crippen LogP contribution in [0.15, 0.2) is 0 Å². The first-order chi connectivity index (χ1) is 8.55. The van der Waals surface area contributed by atoms with Gasteiger partial charge in [0.2, 0.25) is 0 Å². The van der Waals surface area contributed by atoms with Crippen LogP contribution in [-0.4, -0.2) is 30.7 Å². The Labute approximate surface area is 117 Å². The molecule has 1 aliphatic carbocycles. The van der Waals surface area contributed by atoms with Gasteiger partial charge in [-0.1, -0.05) is 26.7 Å². The topological polar surface area (TPSA) is 21.3 Å². The molecule has 2 nitrogen and oxygen atoms in total. The highest BCUT2D eigenvalue weighted by molar-refractivity contribution is 6.17. The molecular weight excluding hydrogens is 246 g/mol. The summed E-state index contributed by atoms with van der Waals surface area (Å²) >= 11 is 5.82. The summed E-state index contributed by atoms with van der Waals surface area (Å²) in [7, 11) is 0. The van der Waals surface area contributed by atoms with E-state index in [0.717, 1.165) is 25.4 Å². The molecule has 106 valence electrons. The molecule has 0 amide bonds. The third-order valence-electron chi connectivity index (χ3n) is 4.60. The van der Waals surface area contributed by atoms with E-state index in [1.54, 1.807) is 0 Å². The van der Waals surface area contributed by atoms with Gasteiger partial charge in [0.25, 0.3) is 0 Å².